The molecule has 2 aliphatic rings. The molecule has 106 valence electrons. The molecule has 2 fully saturated rings. The van der Waals surface area contributed by atoms with Crippen LogP contribution in [-0.2, 0) is 0 Å². The smallest absolute Gasteiger partial charge is 0.0358 e. The minimum Gasteiger partial charge on any atom is -0.329 e. The van der Waals surface area contributed by atoms with E-state index in [-0.39, 0.29) is 0 Å². The molecule has 0 radical (unpaired) electrons. The molecule has 0 amide bonds. The molecule has 0 bridgehead atoms. The Hall–Kier alpha value is -0.120. The number of piperidine rings is 1. The summed E-state index contributed by atoms with van der Waals surface area (Å²) < 4.78 is 0. The molecule has 0 aromatic heterocycles. The van der Waals surface area contributed by atoms with Gasteiger partial charge in [0.25, 0.3) is 0 Å². The molecule has 2 rings (SSSR count). The molecule has 0 aromatic carbocycles. The van der Waals surface area contributed by atoms with Crippen molar-refractivity contribution in [2.24, 2.45) is 11.7 Å². The van der Waals surface area contributed by atoms with Crippen molar-refractivity contribution in [1.29, 1.82) is 0 Å². The maximum atomic E-state index is 6.18. The van der Waals surface area contributed by atoms with Crippen LogP contribution in [0.3, 0.4) is 0 Å². The van der Waals surface area contributed by atoms with Crippen LogP contribution in [0, 0.1) is 5.92 Å². The molecular formula is C15H31N3. The summed E-state index contributed by atoms with van der Waals surface area (Å²) in [4.78, 5) is 5.35. The molecular weight excluding hydrogens is 222 g/mol. The number of likely N-dealkylation sites (tertiary alicyclic amines) is 2. The fourth-order valence-corrected chi connectivity index (χ4v) is 4.08. The zero-order valence-corrected chi connectivity index (χ0v) is 12.5. The fraction of sp³-hybridized carbons (Fsp3) is 1.00. The number of nitrogens with zero attached hydrogens (tertiary/aromatic N) is 2. The van der Waals surface area contributed by atoms with Gasteiger partial charge in [0.05, 0.1) is 0 Å². The summed E-state index contributed by atoms with van der Waals surface area (Å²) in [6.07, 6.45) is 5.15. The zero-order chi connectivity index (χ0) is 13.2. The quantitative estimate of drug-likeness (QED) is 0.831. The summed E-state index contributed by atoms with van der Waals surface area (Å²) in [5.74, 6) is 0.845. The highest BCUT2D eigenvalue weighted by Gasteiger charge is 2.43. The molecule has 2 aliphatic heterocycles. The van der Waals surface area contributed by atoms with Crippen LogP contribution in [0.1, 0.15) is 46.5 Å². The third kappa shape index (κ3) is 2.73. The van der Waals surface area contributed by atoms with E-state index in [0.29, 0.717) is 5.54 Å². The SMILES string of the molecule is CCCN1CCC(CN)(N2CC(C)CC2C)CC1. The van der Waals surface area contributed by atoms with E-state index >= 15 is 0 Å². The van der Waals surface area contributed by atoms with E-state index in [9.17, 15) is 0 Å². The average Bonchev–Trinajstić information content (AvgIpc) is 2.71. The maximum absolute atomic E-state index is 6.18. The van der Waals surface area contributed by atoms with E-state index in [2.05, 4.69) is 30.6 Å². The molecule has 0 aliphatic carbocycles. The maximum Gasteiger partial charge on any atom is 0.0358 e. The summed E-state index contributed by atoms with van der Waals surface area (Å²) >= 11 is 0. The van der Waals surface area contributed by atoms with Crippen molar-refractivity contribution < 1.29 is 0 Å². The van der Waals surface area contributed by atoms with Crippen LogP contribution in [0.2, 0.25) is 0 Å². The zero-order valence-electron chi connectivity index (χ0n) is 12.5. The molecule has 18 heavy (non-hydrogen) atoms. The number of rotatable bonds is 4. The van der Waals surface area contributed by atoms with Gasteiger partial charge in [0.15, 0.2) is 0 Å². The molecule has 0 spiro atoms. The minimum atomic E-state index is 0.300. The minimum absolute atomic E-state index is 0.300. The Bertz CT molecular complexity index is 258. The van der Waals surface area contributed by atoms with Gasteiger partial charge in [-0.1, -0.05) is 13.8 Å². The van der Waals surface area contributed by atoms with Crippen molar-refractivity contribution in [3.8, 4) is 0 Å². The van der Waals surface area contributed by atoms with Crippen LogP contribution >= 0.6 is 0 Å². The van der Waals surface area contributed by atoms with Gasteiger partial charge >= 0.3 is 0 Å². The molecule has 2 unspecified atom stereocenters. The summed E-state index contributed by atoms with van der Waals surface area (Å²) in [5.41, 5.74) is 6.48. The lowest BCUT2D eigenvalue weighted by Crippen LogP contribution is -2.60. The van der Waals surface area contributed by atoms with Gasteiger partial charge in [-0.3, -0.25) is 4.90 Å². The Kier molecular flexibility index (Phi) is 4.68. The van der Waals surface area contributed by atoms with E-state index < -0.39 is 0 Å². The molecule has 2 saturated heterocycles. The largest absolute Gasteiger partial charge is 0.329 e. The second-order valence-corrected chi connectivity index (χ2v) is 6.61. The summed E-state index contributed by atoms with van der Waals surface area (Å²) in [6.45, 7) is 12.9. The van der Waals surface area contributed by atoms with Gasteiger partial charge in [-0.15, -0.1) is 0 Å². The predicted octanol–water partition coefficient (Wildman–Crippen LogP) is 1.92. The normalized spacial score (nSPS) is 34.0. The van der Waals surface area contributed by atoms with Gasteiger partial charge in [-0.05, 0) is 58.2 Å². The lowest BCUT2D eigenvalue weighted by molar-refractivity contribution is 0.0206. The number of hydrogen-bond donors (Lipinski definition) is 1. The third-order valence-corrected chi connectivity index (χ3v) is 5.10. The fourth-order valence-electron chi connectivity index (χ4n) is 4.08. The van der Waals surface area contributed by atoms with Crippen LogP contribution in [0.25, 0.3) is 0 Å². The molecule has 2 atom stereocenters. The van der Waals surface area contributed by atoms with Gasteiger partial charge in [0.1, 0.15) is 0 Å². The van der Waals surface area contributed by atoms with Gasteiger partial charge in [0.2, 0.25) is 0 Å². The average molecular weight is 253 g/mol. The molecule has 3 heteroatoms. The van der Waals surface area contributed by atoms with E-state index in [1.807, 2.05) is 0 Å². The summed E-state index contributed by atoms with van der Waals surface area (Å²) in [7, 11) is 0. The predicted molar refractivity (Wildman–Crippen MR) is 77.7 cm³/mol. The molecule has 0 aromatic rings. The van der Waals surface area contributed by atoms with Crippen LogP contribution in [0.5, 0.6) is 0 Å². The Balaban J connectivity index is 2.00. The molecule has 0 saturated carbocycles. The third-order valence-electron chi connectivity index (χ3n) is 5.10. The summed E-state index contributed by atoms with van der Waals surface area (Å²) in [5, 5.41) is 0. The number of hydrogen-bond acceptors (Lipinski definition) is 3. The molecule has 3 nitrogen and oxygen atoms in total. The number of nitrogens with two attached hydrogens (primary N) is 1. The van der Waals surface area contributed by atoms with Crippen molar-refractivity contribution in [3.05, 3.63) is 0 Å². The highest BCUT2D eigenvalue weighted by molar-refractivity contribution is 5.00. The van der Waals surface area contributed by atoms with Crippen LogP contribution in [-0.4, -0.2) is 54.1 Å². The first-order valence-corrected chi connectivity index (χ1v) is 7.80. The van der Waals surface area contributed by atoms with Crippen LogP contribution in [0.15, 0.2) is 0 Å². The Labute approximate surface area is 113 Å². The first kappa shape index (κ1) is 14.3. The van der Waals surface area contributed by atoms with Crippen molar-refractivity contribution in [1.82, 2.24) is 9.80 Å². The van der Waals surface area contributed by atoms with Gasteiger partial charge < -0.3 is 10.6 Å². The molecule has 2 heterocycles. The Morgan fingerprint density at radius 2 is 1.89 bits per heavy atom. The van der Waals surface area contributed by atoms with Crippen molar-refractivity contribution in [3.63, 3.8) is 0 Å². The second-order valence-electron chi connectivity index (χ2n) is 6.61. The lowest BCUT2D eigenvalue weighted by atomic mass is 9.85. The second kappa shape index (κ2) is 5.89. The standard InChI is InChI=1S/C15H31N3/c1-4-7-17-8-5-15(12-16,6-9-17)18-11-13(2)10-14(18)3/h13-14H,4-12,16H2,1-3H3. The lowest BCUT2D eigenvalue weighted by Gasteiger charge is -2.49. The van der Waals surface area contributed by atoms with Crippen molar-refractivity contribution >= 4 is 0 Å². The van der Waals surface area contributed by atoms with Gasteiger partial charge in [-0.25, -0.2) is 0 Å². The van der Waals surface area contributed by atoms with Crippen molar-refractivity contribution in [2.75, 3.05) is 32.7 Å². The van der Waals surface area contributed by atoms with E-state index in [0.717, 1.165) is 18.5 Å². The van der Waals surface area contributed by atoms with Gasteiger partial charge in [0, 0.05) is 24.7 Å². The van der Waals surface area contributed by atoms with E-state index in [1.54, 1.807) is 0 Å². The monoisotopic (exact) mass is 253 g/mol. The topological polar surface area (TPSA) is 32.5 Å². The Morgan fingerprint density at radius 3 is 2.33 bits per heavy atom. The van der Waals surface area contributed by atoms with Gasteiger partial charge in [-0.2, -0.15) is 0 Å². The molecule has 2 N–H and O–H groups in total. The highest BCUT2D eigenvalue weighted by atomic mass is 15.3. The van der Waals surface area contributed by atoms with E-state index in [4.69, 9.17) is 5.73 Å². The summed E-state index contributed by atoms with van der Waals surface area (Å²) in [6, 6.07) is 0.723. The Morgan fingerprint density at radius 1 is 1.22 bits per heavy atom. The highest BCUT2D eigenvalue weighted by Crippen LogP contribution is 2.36. The first-order chi connectivity index (χ1) is 8.61. The van der Waals surface area contributed by atoms with Crippen LogP contribution < -0.4 is 5.73 Å². The first-order valence-electron chi connectivity index (χ1n) is 7.80. The van der Waals surface area contributed by atoms with Crippen LogP contribution in [0.4, 0.5) is 0 Å². The van der Waals surface area contributed by atoms with E-state index in [1.165, 1.54) is 51.9 Å². The van der Waals surface area contributed by atoms with Crippen molar-refractivity contribution in [2.45, 2.75) is 58.0 Å².